The summed E-state index contributed by atoms with van der Waals surface area (Å²) >= 11 is 0. The first-order valence-electron chi connectivity index (χ1n) is 5.74. The van der Waals surface area contributed by atoms with Gasteiger partial charge in [0.1, 0.15) is 17.2 Å². The van der Waals surface area contributed by atoms with Gasteiger partial charge in [0.2, 0.25) is 0 Å². The molecule has 0 spiro atoms. The molecule has 2 rings (SSSR count). The Morgan fingerprint density at radius 3 is 2.10 bits per heavy atom. The summed E-state index contributed by atoms with van der Waals surface area (Å²) in [5.41, 5.74) is 2.71. The molecule has 0 heterocycles. The lowest BCUT2D eigenvalue weighted by atomic mass is 10.2. The largest absolute Gasteiger partial charge is 1.00 e. The minimum absolute atomic E-state index is 0. The van der Waals surface area contributed by atoms with Gasteiger partial charge >= 0.3 is 5.91 Å². The van der Waals surface area contributed by atoms with E-state index in [1.54, 1.807) is 19.2 Å². The number of para-hydroxylation sites is 1. The van der Waals surface area contributed by atoms with Crippen molar-refractivity contribution < 1.29 is 31.0 Å². The Kier molecular flexibility index (Phi) is 5.61. The predicted octanol–water partition coefficient (Wildman–Crippen LogP) is -1.54. The maximum Gasteiger partial charge on any atom is 0.302 e. The average Bonchev–Trinajstić information content (AvgIpc) is 2.39. The maximum absolute atomic E-state index is 13.4. The number of hydrogen-bond acceptors (Lipinski definition) is 1. The van der Waals surface area contributed by atoms with Crippen molar-refractivity contribution in [3.8, 4) is 0 Å². The Hall–Kier alpha value is -1.98. The van der Waals surface area contributed by atoms with E-state index in [2.05, 4.69) is 5.43 Å². The van der Waals surface area contributed by atoms with Crippen LogP contribution in [0, 0.1) is 11.6 Å². The van der Waals surface area contributed by atoms with Crippen LogP contribution in [0.4, 0.5) is 14.5 Å². The van der Waals surface area contributed by atoms with Crippen LogP contribution in [0.5, 0.6) is 0 Å². The van der Waals surface area contributed by atoms with Crippen LogP contribution in [0.2, 0.25) is 0 Å². The first kappa shape index (κ1) is 16.1. The molecule has 0 aliphatic heterocycles. The van der Waals surface area contributed by atoms with Crippen molar-refractivity contribution in [2.24, 2.45) is 0 Å². The van der Waals surface area contributed by atoms with Crippen molar-refractivity contribution in [2.45, 2.75) is 0 Å². The van der Waals surface area contributed by atoms with Gasteiger partial charge in [0.15, 0.2) is 5.69 Å². The third-order valence-electron chi connectivity index (χ3n) is 2.70. The molecule has 0 radical (unpaired) electrons. The lowest BCUT2D eigenvalue weighted by Gasteiger charge is -2.14. The van der Waals surface area contributed by atoms with E-state index in [4.69, 9.17) is 0 Å². The Morgan fingerprint density at radius 2 is 1.55 bits per heavy atom. The van der Waals surface area contributed by atoms with Gasteiger partial charge in [-0.2, -0.15) is 5.43 Å². The van der Waals surface area contributed by atoms with Gasteiger partial charge in [-0.15, -0.1) is 0 Å². The van der Waals surface area contributed by atoms with Crippen LogP contribution in [0.1, 0.15) is 10.4 Å². The molecule has 1 atom stereocenters. The lowest BCUT2D eigenvalue weighted by Crippen LogP contribution is -3.12. The fourth-order valence-corrected chi connectivity index (χ4v) is 1.71. The van der Waals surface area contributed by atoms with Gasteiger partial charge in [-0.25, -0.2) is 13.8 Å². The number of hydrogen-bond donors (Lipinski definition) is 2. The smallest absolute Gasteiger partial charge is 0.302 e. The number of nitrogens with one attached hydrogen (secondary N) is 2. The second-order valence-electron chi connectivity index (χ2n) is 4.04. The molecule has 2 N–H and O–H groups in total. The Morgan fingerprint density at radius 1 is 1.00 bits per heavy atom. The number of carbonyl (C=O) groups excluding carboxylic acids is 1. The predicted molar refractivity (Wildman–Crippen MR) is 66.8 cm³/mol. The van der Waals surface area contributed by atoms with Crippen molar-refractivity contribution >= 4 is 11.6 Å². The molecular formula is C14H13ClF2N2O. The molecule has 2 aromatic carbocycles. The number of rotatable bonds is 3. The molecule has 1 unspecified atom stereocenters. The molecule has 0 bridgehead atoms. The molecule has 1 amide bonds. The molecule has 0 fully saturated rings. The van der Waals surface area contributed by atoms with Crippen LogP contribution in [-0.4, -0.2) is 13.0 Å². The van der Waals surface area contributed by atoms with E-state index in [0.29, 0.717) is 5.01 Å². The summed E-state index contributed by atoms with van der Waals surface area (Å²) in [5, 5.41) is 0.535. The van der Waals surface area contributed by atoms with Crippen molar-refractivity contribution in [1.82, 2.24) is 5.43 Å². The number of amides is 1. The van der Waals surface area contributed by atoms with Crippen LogP contribution < -0.4 is 22.8 Å². The van der Waals surface area contributed by atoms with E-state index >= 15 is 0 Å². The van der Waals surface area contributed by atoms with Crippen LogP contribution in [-0.2, 0) is 0 Å². The Balaban J connectivity index is 0.00000200. The third kappa shape index (κ3) is 3.53. The SMILES string of the molecule is C[NH+](NC(=O)c1c(F)cccc1F)c1ccccc1.[Cl-]. The summed E-state index contributed by atoms with van der Waals surface area (Å²) in [7, 11) is 1.67. The van der Waals surface area contributed by atoms with E-state index < -0.39 is 23.1 Å². The molecule has 20 heavy (non-hydrogen) atoms. The fraction of sp³-hybridized carbons (Fsp3) is 0.0714. The summed E-state index contributed by atoms with van der Waals surface area (Å²) in [6, 6.07) is 12.4. The first-order chi connectivity index (χ1) is 9.09. The zero-order valence-electron chi connectivity index (χ0n) is 10.7. The molecule has 0 saturated carbocycles. The molecule has 2 aromatic rings. The quantitative estimate of drug-likeness (QED) is 0.662. The van der Waals surface area contributed by atoms with E-state index in [1.165, 1.54) is 6.07 Å². The number of carbonyl (C=O) groups is 1. The van der Waals surface area contributed by atoms with Crippen molar-refractivity contribution in [2.75, 3.05) is 7.05 Å². The van der Waals surface area contributed by atoms with Gasteiger partial charge < -0.3 is 12.4 Å². The second-order valence-corrected chi connectivity index (χ2v) is 4.04. The molecule has 0 aromatic heterocycles. The fourth-order valence-electron chi connectivity index (χ4n) is 1.71. The highest BCUT2D eigenvalue weighted by atomic mass is 35.5. The summed E-state index contributed by atoms with van der Waals surface area (Å²) < 4.78 is 26.9. The van der Waals surface area contributed by atoms with Gasteiger partial charge in [0.05, 0.1) is 7.05 Å². The monoisotopic (exact) mass is 298 g/mol. The van der Waals surface area contributed by atoms with Gasteiger partial charge in [-0.1, -0.05) is 24.3 Å². The van der Waals surface area contributed by atoms with Crippen LogP contribution >= 0.6 is 0 Å². The van der Waals surface area contributed by atoms with Gasteiger partial charge in [-0.05, 0) is 12.1 Å². The zero-order chi connectivity index (χ0) is 13.8. The van der Waals surface area contributed by atoms with Gasteiger partial charge in [-0.3, -0.25) is 4.79 Å². The zero-order valence-corrected chi connectivity index (χ0v) is 11.4. The minimum Gasteiger partial charge on any atom is -1.00 e. The van der Waals surface area contributed by atoms with E-state index in [-0.39, 0.29) is 12.4 Å². The normalized spacial score (nSPS) is 11.3. The van der Waals surface area contributed by atoms with Gasteiger partial charge in [0, 0.05) is 12.1 Å². The molecular weight excluding hydrogens is 286 g/mol. The van der Waals surface area contributed by atoms with Crippen molar-refractivity contribution in [1.29, 1.82) is 0 Å². The van der Waals surface area contributed by atoms with Crippen LogP contribution in [0.3, 0.4) is 0 Å². The lowest BCUT2D eigenvalue weighted by molar-refractivity contribution is -0.849. The molecule has 6 heteroatoms. The summed E-state index contributed by atoms with van der Waals surface area (Å²) in [6.45, 7) is 0. The third-order valence-corrected chi connectivity index (χ3v) is 2.70. The number of benzene rings is 2. The van der Waals surface area contributed by atoms with E-state index in [0.717, 1.165) is 17.8 Å². The molecule has 0 aliphatic carbocycles. The van der Waals surface area contributed by atoms with Crippen LogP contribution in [0.25, 0.3) is 0 Å². The topological polar surface area (TPSA) is 33.5 Å². The summed E-state index contributed by atoms with van der Waals surface area (Å²) in [5.74, 6) is -2.55. The standard InChI is InChI=1S/C14H12F2N2O.ClH/c1-18(10-6-3-2-4-7-10)17-14(19)13-11(15)8-5-9-12(13)16;/h2-9H,1H3,(H,17,19);1H. The first-order valence-corrected chi connectivity index (χ1v) is 5.74. The summed E-state index contributed by atoms with van der Waals surface area (Å²) in [4.78, 5) is 11.9. The second kappa shape index (κ2) is 6.98. The van der Waals surface area contributed by atoms with Crippen molar-refractivity contribution in [3.63, 3.8) is 0 Å². The molecule has 106 valence electrons. The highest BCUT2D eigenvalue weighted by Crippen LogP contribution is 2.11. The molecule has 0 saturated heterocycles. The highest BCUT2D eigenvalue weighted by Gasteiger charge is 2.20. The van der Waals surface area contributed by atoms with Crippen LogP contribution in [0.15, 0.2) is 48.5 Å². The Bertz CT molecular complexity index is 573. The Labute approximate surface area is 121 Å². The maximum atomic E-state index is 13.4. The molecule has 0 aliphatic rings. The average molecular weight is 299 g/mol. The highest BCUT2D eigenvalue weighted by molar-refractivity contribution is 5.93. The molecule has 3 nitrogen and oxygen atoms in total. The van der Waals surface area contributed by atoms with E-state index in [9.17, 15) is 13.6 Å². The van der Waals surface area contributed by atoms with E-state index in [1.807, 2.05) is 18.2 Å². The van der Waals surface area contributed by atoms with Crippen molar-refractivity contribution in [3.05, 3.63) is 65.7 Å². The van der Waals surface area contributed by atoms with Gasteiger partial charge in [0.25, 0.3) is 0 Å². The number of quaternary nitrogens is 1. The number of halogens is 3. The minimum atomic E-state index is -0.877. The summed E-state index contributed by atoms with van der Waals surface area (Å²) in [6.07, 6.45) is 0.